The summed E-state index contributed by atoms with van der Waals surface area (Å²) in [5, 5.41) is 7.99. The van der Waals surface area contributed by atoms with Crippen molar-refractivity contribution in [3.8, 4) is 0 Å². The minimum atomic E-state index is -0.508. The van der Waals surface area contributed by atoms with E-state index in [0.717, 1.165) is 28.3 Å². The average molecular weight is 595 g/mol. The lowest BCUT2D eigenvalue weighted by Crippen LogP contribution is -2.49. The molecule has 0 aliphatic heterocycles. The quantitative estimate of drug-likeness (QED) is 0.179. The lowest BCUT2D eigenvalue weighted by molar-refractivity contribution is -0.123. The molecule has 2 atom stereocenters. The summed E-state index contributed by atoms with van der Waals surface area (Å²) in [7, 11) is 2.99. The Kier molecular flexibility index (Phi) is 10.5. The lowest BCUT2D eigenvalue weighted by atomic mass is 9.99. The molecule has 0 aromatic heterocycles. The molecule has 4 rings (SSSR count). The first-order valence-electron chi connectivity index (χ1n) is 14.4. The number of carbonyl (C=O) groups excluding carboxylic acids is 4. The molecule has 0 heterocycles. The molecule has 0 saturated carbocycles. The number of methoxy groups -OCH3 is 1. The Morgan fingerprint density at radius 3 is 2.16 bits per heavy atom. The minimum Gasteiger partial charge on any atom is -0.465 e. The summed E-state index contributed by atoms with van der Waals surface area (Å²) >= 11 is 0. The second-order valence-electron chi connectivity index (χ2n) is 10.7. The summed E-state index contributed by atoms with van der Waals surface area (Å²) in [6.07, 6.45) is 0.771. The first kappa shape index (κ1) is 31.9. The molecule has 2 N–H and O–H groups in total. The summed E-state index contributed by atoms with van der Waals surface area (Å²) in [5.74, 6) is -1.07. The first-order valence-corrected chi connectivity index (χ1v) is 14.4. The zero-order chi connectivity index (χ0) is 31.8. The summed E-state index contributed by atoms with van der Waals surface area (Å²) in [5.41, 5.74) is 3.73. The third kappa shape index (κ3) is 7.12. The van der Waals surface area contributed by atoms with Gasteiger partial charge in [0, 0.05) is 18.2 Å². The van der Waals surface area contributed by atoms with Gasteiger partial charge in [-0.05, 0) is 86.1 Å². The first-order chi connectivity index (χ1) is 21.2. The highest BCUT2D eigenvalue weighted by Gasteiger charge is 2.26. The van der Waals surface area contributed by atoms with Gasteiger partial charge in [0.05, 0.1) is 36.6 Å². The van der Waals surface area contributed by atoms with Crippen molar-refractivity contribution in [1.82, 2.24) is 10.6 Å². The van der Waals surface area contributed by atoms with Crippen LogP contribution in [0.5, 0.6) is 0 Å². The Bertz CT molecular complexity index is 1650. The van der Waals surface area contributed by atoms with Crippen molar-refractivity contribution < 1.29 is 23.9 Å². The van der Waals surface area contributed by atoms with E-state index in [2.05, 4.69) is 16.7 Å². The summed E-state index contributed by atoms with van der Waals surface area (Å²) < 4.78 is 4.79. The zero-order valence-electron chi connectivity index (χ0n) is 25.7. The Hall–Kier alpha value is -5.02. The molecule has 1 unspecified atom stereocenters. The molecule has 0 bridgehead atoms. The van der Waals surface area contributed by atoms with Crippen molar-refractivity contribution in [2.75, 3.05) is 30.5 Å². The Balaban J connectivity index is 1.75. The van der Waals surface area contributed by atoms with Gasteiger partial charge in [-0.1, -0.05) is 48.5 Å². The number of likely N-dealkylation sites (N-methyl/N-ethyl adjacent to an activating group) is 1. The average Bonchev–Trinajstić information content (AvgIpc) is 3.05. The van der Waals surface area contributed by atoms with Crippen molar-refractivity contribution in [3.63, 3.8) is 0 Å². The normalized spacial score (nSPS) is 12.2. The number of nitrogens with one attached hydrogen (secondary N) is 2. The van der Waals surface area contributed by atoms with E-state index < -0.39 is 18.1 Å². The van der Waals surface area contributed by atoms with E-state index in [0.29, 0.717) is 22.5 Å². The lowest BCUT2D eigenvalue weighted by Gasteiger charge is -2.31. The van der Waals surface area contributed by atoms with Crippen molar-refractivity contribution in [2.24, 2.45) is 0 Å². The molecule has 0 spiro atoms. The van der Waals surface area contributed by atoms with E-state index in [1.54, 1.807) is 54.1 Å². The molecule has 0 saturated heterocycles. The van der Waals surface area contributed by atoms with Crippen LogP contribution in [0.2, 0.25) is 0 Å². The molecule has 44 heavy (non-hydrogen) atoms. The number of ether oxygens (including phenoxy) is 1. The second kappa shape index (κ2) is 14.4. The number of rotatable bonds is 12. The van der Waals surface area contributed by atoms with Gasteiger partial charge in [-0.15, -0.1) is 0 Å². The zero-order valence-corrected chi connectivity index (χ0v) is 25.7. The van der Waals surface area contributed by atoms with E-state index in [4.69, 9.17) is 4.74 Å². The number of para-hydroxylation sites is 2. The number of benzene rings is 4. The van der Waals surface area contributed by atoms with E-state index in [-0.39, 0.29) is 24.9 Å². The van der Waals surface area contributed by atoms with Gasteiger partial charge in [0.2, 0.25) is 12.3 Å². The molecule has 0 radical (unpaired) electrons. The van der Waals surface area contributed by atoms with E-state index >= 15 is 0 Å². The van der Waals surface area contributed by atoms with Crippen LogP contribution in [0.3, 0.4) is 0 Å². The Labute approximate surface area is 257 Å². The maximum Gasteiger partial charge on any atom is 0.337 e. The fraction of sp³-hybridized carbons (Fsp3) is 0.257. The van der Waals surface area contributed by atoms with Crippen molar-refractivity contribution in [1.29, 1.82) is 0 Å². The number of esters is 1. The predicted octanol–water partition coefficient (Wildman–Crippen LogP) is 4.86. The van der Waals surface area contributed by atoms with Gasteiger partial charge in [0.15, 0.2) is 0 Å². The molecule has 3 amide bonds. The standard InChI is InChI=1S/C35H38N4O5/c1-23-14-15-26-10-6-7-11-29(26)30(23)21-38(22-40)31-12-8-9-13-32(31)39(20-24(2)37-33(41)25(3)36-4)34(42)27-16-18-28(19-17-27)35(43)44-5/h6-19,22,24-25,36H,20-21H2,1-5H3,(H,37,41)/t24?,25-/m0/s1. The van der Waals surface area contributed by atoms with Crippen LogP contribution >= 0.6 is 0 Å². The highest BCUT2D eigenvalue weighted by Crippen LogP contribution is 2.33. The minimum absolute atomic E-state index is 0.122. The number of nitrogens with zero attached hydrogens (tertiary/aromatic N) is 2. The van der Waals surface area contributed by atoms with Crippen LogP contribution in [0.4, 0.5) is 11.4 Å². The SMILES string of the molecule is CN[C@@H](C)C(=O)NC(C)CN(C(=O)c1ccc(C(=O)OC)cc1)c1ccccc1N(C=O)Cc1c(C)ccc2ccccc12. The van der Waals surface area contributed by atoms with Gasteiger partial charge >= 0.3 is 5.97 Å². The number of hydrogen-bond acceptors (Lipinski definition) is 6. The number of aryl methyl sites for hydroxylation is 1. The van der Waals surface area contributed by atoms with E-state index in [1.807, 2.05) is 50.2 Å². The highest BCUT2D eigenvalue weighted by molar-refractivity contribution is 6.09. The van der Waals surface area contributed by atoms with Crippen LogP contribution < -0.4 is 20.4 Å². The number of anilines is 2. The van der Waals surface area contributed by atoms with Crippen molar-refractivity contribution in [2.45, 2.75) is 39.4 Å². The van der Waals surface area contributed by atoms with Gasteiger partial charge in [-0.2, -0.15) is 0 Å². The Morgan fingerprint density at radius 1 is 0.864 bits per heavy atom. The van der Waals surface area contributed by atoms with Gasteiger partial charge < -0.3 is 25.2 Å². The fourth-order valence-corrected chi connectivity index (χ4v) is 5.07. The number of amides is 3. The third-order valence-electron chi connectivity index (χ3n) is 7.68. The van der Waals surface area contributed by atoms with Gasteiger partial charge in [-0.25, -0.2) is 4.79 Å². The molecule has 4 aromatic rings. The molecular formula is C35H38N4O5. The summed E-state index contributed by atoms with van der Waals surface area (Å²) in [6.45, 7) is 5.99. The highest BCUT2D eigenvalue weighted by atomic mass is 16.5. The second-order valence-corrected chi connectivity index (χ2v) is 10.7. The van der Waals surface area contributed by atoms with E-state index in [1.165, 1.54) is 19.2 Å². The topological polar surface area (TPSA) is 108 Å². The van der Waals surface area contributed by atoms with Crippen LogP contribution in [0.15, 0.2) is 84.9 Å². The van der Waals surface area contributed by atoms with Crippen LogP contribution in [-0.2, 0) is 20.9 Å². The molecular weight excluding hydrogens is 556 g/mol. The number of carbonyl (C=O) groups is 4. The molecule has 0 aliphatic carbocycles. The van der Waals surface area contributed by atoms with Crippen molar-refractivity contribution in [3.05, 3.63) is 107 Å². The third-order valence-corrected chi connectivity index (χ3v) is 7.68. The smallest absolute Gasteiger partial charge is 0.337 e. The summed E-state index contributed by atoms with van der Waals surface area (Å²) in [6, 6.07) is 24.7. The largest absolute Gasteiger partial charge is 0.465 e. The molecule has 0 aliphatic rings. The Morgan fingerprint density at radius 2 is 1.50 bits per heavy atom. The molecule has 9 heteroatoms. The van der Waals surface area contributed by atoms with Crippen LogP contribution in [0.25, 0.3) is 10.8 Å². The maximum absolute atomic E-state index is 14.1. The number of fused-ring (bicyclic) bond motifs is 1. The van der Waals surface area contributed by atoms with Gasteiger partial charge in [0.1, 0.15) is 0 Å². The van der Waals surface area contributed by atoms with E-state index in [9.17, 15) is 19.2 Å². The monoisotopic (exact) mass is 594 g/mol. The summed E-state index contributed by atoms with van der Waals surface area (Å²) in [4.78, 5) is 54.6. The van der Waals surface area contributed by atoms with Gasteiger partial charge in [0.25, 0.3) is 5.91 Å². The molecule has 228 valence electrons. The molecule has 9 nitrogen and oxygen atoms in total. The molecule has 0 fully saturated rings. The van der Waals surface area contributed by atoms with Crippen LogP contribution in [0, 0.1) is 6.92 Å². The van der Waals surface area contributed by atoms with Crippen LogP contribution in [-0.4, -0.2) is 57.0 Å². The molecule has 4 aromatic carbocycles. The maximum atomic E-state index is 14.1. The number of hydrogen-bond donors (Lipinski definition) is 2. The van der Waals surface area contributed by atoms with Crippen molar-refractivity contribution >= 4 is 46.3 Å². The van der Waals surface area contributed by atoms with Gasteiger partial charge in [-0.3, -0.25) is 14.4 Å². The van der Waals surface area contributed by atoms with Crippen LogP contribution in [0.1, 0.15) is 45.7 Å². The predicted molar refractivity (Wildman–Crippen MR) is 173 cm³/mol. The fourth-order valence-electron chi connectivity index (χ4n) is 5.07.